The minimum absolute atomic E-state index is 0.270. The van der Waals surface area contributed by atoms with E-state index in [2.05, 4.69) is 0 Å². The summed E-state index contributed by atoms with van der Waals surface area (Å²) in [6.07, 6.45) is -0.899. The molecule has 0 aromatic heterocycles. The van der Waals surface area contributed by atoms with Gasteiger partial charge in [-0.2, -0.15) is 0 Å². The number of hydrogen-bond acceptors (Lipinski definition) is 5. The van der Waals surface area contributed by atoms with Gasteiger partial charge in [0.15, 0.2) is 6.10 Å². The van der Waals surface area contributed by atoms with Crippen LogP contribution in [-0.4, -0.2) is 25.0 Å². The van der Waals surface area contributed by atoms with Crippen molar-refractivity contribution in [2.24, 2.45) is 5.92 Å². The number of anilines is 2. The fourth-order valence-corrected chi connectivity index (χ4v) is 4.39. The highest BCUT2D eigenvalue weighted by molar-refractivity contribution is 6.23. The summed E-state index contributed by atoms with van der Waals surface area (Å²) < 4.78 is 5.59. The number of aryl methyl sites for hydroxylation is 1. The lowest BCUT2D eigenvalue weighted by molar-refractivity contribution is -0.126. The average Bonchev–Trinajstić information content (AvgIpc) is 3.31. The quantitative estimate of drug-likeness (QED) is 0.603. The molecule has 3 aromatic carbocycles. The third-order valence-electron chi connectivity index (χ3n) is 5.88. The van der Waals surface area contributed by atoms with Crippen LogP contribution < -0.4 is 14.7 Å². The van der Waals surface area contributed by atoms with Gasteiger partial charge in [0.05, 0.1) is 24.5 Å². The molecule has 0 unspecified atom stereocenters. The molecule has 3 atom stereocenters. The first-order valence-electron chi connectivity index (χ1n) is 10.2. The predicted molar refractivity (Wildman–Crippen MR) is 117 cm³/mol. The summed E-state index contributed by atoms with van der Waals surface area (Å²) in [6, 6.07) is 23.9. The van der Waals surface area contributed by atoms with Crippen molar-refractivity contribution in [2.45, 2.75) is 19.1 Å². The molecule has 2 amide bonds. The maximum atomic E-state index is 13.6. The summed E-state index contributed by atoms with van der Waals surface area (Å²) in [5, 5.41) is 1.68. The molecule has 156 valence electrons. The number of methoxy groups -OCH3 is 1. The van der Waals surface area contributed by atoms with Crippen LogP contribution in [-0.2, 0) is 14.4 Å². The van der Waals surface area contributed by atoms with E-state index in [9.17, 15) is 9.59 Å². The summed E-state index contributed by atoms with van der Waals surface area (Å²) in [5.41, 5.74) is 3.19. The molecule has 2 aliphatic heterocycles. The highest BCUT2D eigenvalue weighted by Crippen LogP contribution is 2.49. The number of carbonyl (C=O) groups is 2. The monoisotopic (exact) mass is 414 g/mol. The maximum Gasteiger partial charge on any atom is 0.266 e. The maximum absolute atomic E-state index is 13.6. The number of amides is 2. The van der Waals surface area contributed by atoms with Gasteiger partial charge in [0, 0.05) is 5.56 Å². The van der Waals surface area contributed by atoms with Gasteiger partial charge in [0.25, 0.3) is 5.91 Å². The first-order valence-corrected chi connectivity index (χ1v) is 10.2. The predicted octanol–water partition coefficient (Wildman–Crippen LogP) is 4.05. The van der Waals surface area contributed by atoms with Crippen LogP contribution >= 0.6 is 0 Å². The van der Waals surface area contributed by atoms with E-state index in [1.165, 1.54) is 4.90 Å². The van der Waals surface area contributed by atoms with Crippen LogP contribution in [0.3, 0.4) is 0 Å². The van der Waals surface area contributed by atoms with Gasteiger partial charge < -0.3 is 4.74 Å². The topological polar surface area (TPSA) is 59.1 Å². The molecule has 0 saturated carbocycles. The Bertz CT molecular complexity index is 1130. The van der Waals surface area contributed by atoms with Gasteiger partial charge in [-0.3, -0.25) is 14.4 Å². The van der Waals surface area contributed by atoms with Crippen molar-refractivity contribution in [3.05, 3.63) is 90.0 Å². The van der Waals surface area contributed by atoms with E-state index in [0.29, 0.717) is 11.4 Å². The summed E-state index contributed by atoms with van der Waals surface area (Å²) in [4.78, 5) is 34.3. The molecule has 0 N–H and O–H groups in total. The molecule has 0 spiro atoms. The Labute approximate surface area is 180 Å². The molecular formula is C25H22N2O4. The van der Waals surface area contributed by atoms with Crippen molar-refractivity contribution >= 4 is 23.2 Å². The van der Waals surface area contributed by atoms with E-state index in [1.54, 1.807) is 24.3 Å². The van der Waals surface area contributed by atoms with Crippen molar-refractivity contribution in [1.82, 2.24) is 0 Å². The number of imide groups is 1. The highest BCUT2D eigenvalue weighted by Gasteiger charge is 2.60. The first-order chi connectivity index (χ1) is 15.1. The smallest absolute Gasteiger partial charge is 0.266 e. The number of hydroxylamine groups is 1. The van der Waals surface area contributed by atoms with Gasteiger partial charge in [0.2, 0.25) is 5.91 Å². The van der Waals surface area contributed by atoms with Crippen LogP contribution in [0, 0.1) is 12.8 Å². The minimum Gasteiger partial charge on any atom is -0.496 e. The lowest BCUT2D eigenvalue weighted by atomic mass is 9.90. The number of para-hydroxylation sites is 2. The Morgan fingerprint density at radius 3 is 2.19 bits per heavy atom. The molecule has 2 aliphatic rings. The third-order valence-corrected chi connectivity index (χ3v) is 5.88. The molecule has 31 heavy (non-hydrogen) atoms. The molecule has 0 aliphatic carbocycles. The average molecular weight is 414 g/mol. The molecule has 3 aromatic rings. The van der Waals surface area contributed by atoms with E-state index in [4.69, 9.17) is 9.57 Å². The molecule has 2 heterocycles. The molecule has 5 rings (SSSR count). The van der Waals surface area contributed by atoms with Gasteiger partial charge in [-0.1, -0.05) is 54.1 Å². The van der Waals surface area contributed by atoms with Gasteiger partial charge in [-0.15, -0.1) is 0 Å². The van der Waals surface area contributed by atoms with E-state index >= 15 is 0 Å². The zero-order valence-electron chi connectivity index (χ0n) is 17.3. The molecular weight excluding hydrogens is 392 g/mol. The van der Waals surface area contributed by atoms with E-state index in [1.807, 2.05) is 73.7 Å². The van der Waals surface area contributed by atoms with Crippen LogP contribution in [0.5, 0.6) is 5.75 Å². The lowest BCUT2D eigenvalue weighted by Crippen LogP contribution is -2.37. The van der Waals surface area contributed by atoms with E-state index < -0.39 is 18.1 Å². The fraction of sp³-hybridized carbons (Fsp3) is 0.200. The Morgan fingerprint density at radius 2 is 1.48 bits per heavy atom. The molecule has 2 saturated heterocycles. The lowest BCUT2D eigenvalue weighted by Gasteiger charge is -2.29. The second-order valence-electron chi connectivity index (χ2n) is 7.75. The molecule has 2 fully saturated rings. The van der Waals surface area contributed by atoms with Crippen molar-refractivity contribution in [3.63, 3.8) is 0 Å². The van der Waals surface area contributed by atoms with Crippen LogP contribution in [0.2, 0.25) is 0 Å². The van der Waals surface area contributed by atoms with Crippen LogP contribution in [0.1, 0.15) is 17.2 Å². The zero-order valence-corrected chi connectivity index (χ0v) is 17.3. The third kappa shape index (κ3) is 3.07. The van der Waals surface area contributed by atoms with Crippen LogP contribution in [0.25, 0.3) is 0 Å². The highest BCUT2D eigenvalue weighted by atomic mass is 16.7. The van der Waals surface area contributed by atoms with Crippen molar-refractivity contribution in [1.29, 1.82) is 0 Å². The second-order valence-corrected chi connectivity index (χ2v) is 7.75. The van der Waals surface area contributed by atoms with Crippen LogP contribution in [0.15, 0.2) is 78.9 Å². The van der Waals surface area contributed by atoms with E-state index in [0.717, 1.165) is 16.8 Å². The Balaban J connectivity index is 1.61. The van der Waals surface area contributed by atoms with Gasteiger partial charge in [0.1, 0.15) is 11.7 Å². The first kappa shape index (κ1) is 19.3. The van der Waals surface area contributed by atoms with Gasteiger partial charge in [-0.25, -0.2) is 9.96 Å². The summed E-state index contributed by atoms with van der Waals surface area (Å²) >= 11 is 0. The zero-order chi connectivity index (χ0) is 21.5. The van der Waals surface area contributed by atoms with Crippen molar-refractivity contribution in [3.8, 4) is 5.75 Å². The molecule has 6 nitrogen and oxygen atoms in total. The second kappa shape index (κ2) is 7.56. The van der Waals surface area contributed by atoms with Gasteiger partial charge >= 0.3 is 0 Å². The normalized spacial score (nSPS) is 22.7. The van der Waals surface area contributed by atoms with Gasteiger partial charge in [-0.05, 0) is 37.3 Å². The number of fused-ring (bicyclic) bond motifs is 1. The standard InChI is InChI=1S/C25H22N2O4/c1-16-12-14-17(15-13-16)26-24(28)21-22(19-10-6-7-11-20(19)30-2)27(31-23(21)25(26)29)18-8-4-3-5-9-18/h3-15,21-23H,1-2H3/t21-,22-,23+/m1/s1. The number of hydrogen-bond donors (Lipinski definition) is 0. The molecule has 6 heteroatoms. The largest absolute Gasteiger partial charge is 0.496 e. The Kier molecular flexibility index (Phi) is 4.71. The minimum atomic E-state index is -0.899. The molecule has 0 radical (unpaired) electrons. The number of carbonyl (C=O) groups excluding carboxylic acids is 2. The van der Waals surface area contributed by atoms with Crippen molar-refractivity contribution < 1.29 is 19.2 Å². The molecule has 0 bridgehead atoms. The SMILES string of the molecule is COc1ccccc1[C@@H]1[C@H]2C(=O)N(c3ccc(C)cc3)C(=O)[C@H]2ON1c1ccccc1. The summed E-state index contributed by atoms with van der Waals surface area (Å²) in [7, 11) is 1.60. The van der Waals surface area contributed by atoms with Crippen molar-refractivity contribution in [2.75, 3.05) is 17.1 Å². The number of nitrogens with zero attached hydrogens (tertiary/aromatic N) is 2. The van der Waals surface area contributed by atoms with E-state index in [-0.39, 0.29) is 11.8 Å². The number of rotatable bonds is 4. The Hall–Kier alpha value is -3.64. The van der Waals surface area contributed by atoms with Crippen LogP contribution in [0.4, 0.5) is 11.4 Å². The Morgan fingerprint density at radius 1 is 0.806 bits per heavy atom. The summed E-state index contributed by atoms with van der Waals surface area (Å²) in [6.45, 7) is 1.96. The summed E-state index contributed by atoms with van der Waals surface area (Å²) in [5.74, 6) is -0.664. The number of benzene rings is 3. The number of ether oxygens (including phenoxy) is 1. The fourth-order valence-electron chi connectivity index (χ4n) is 4.39.